The van der Waals surface area contributed by atoms with Crippen LogP contribution >= 0.6 is 11.6 Å². The zero-order valence-electron chi connectivity index (χ0n) is 12.0. The number of amides is 2. The lowest BCUT2D eigenvalue weighted by atomic mass is 10.2. The first-order valence-corrected chi connectivity index (χ1v) is 7.76. The molecule has 0 aliphatic carbocycles. The highest BCUT2D eigenvalue weighted by molar-refractivity contribution is 6.18. The normalized spacial score (nSPS) is 20.1. The van der Waals surface area contributed by atoms with Crippen molar-refractivity contribution in [3.05, 3.63) is 18.2 Å². The number of ether oxygens (including phenoxy) is 2. The summed E-state index contributed by atoms with van der Waals surface area (Å²) in [6, 6.07) is 5.25. The van der Waals surface area contributed by atoms with Gasteiger partial charge in [0, 0.05) is 37.0 Å². The first kappa shape index (κ1) is 15.0. The Morgan fingerprint density at radius 3 is 2.86 bits per heavy atom. The molecular formula is C15H17ClN2O4. The standard InChI is InChI=1S/C15H17ClN2O4/c16-4-3-14(19)17-10-7-15(20)18(9-10)11-1-2-12-13(8-11)22-6-5-21-12/h1-2,8,10H,3-7,9H2,(H,17,19)/t10-/m1/s1. The number of fused-ring (bicyclic) bond motifs is 1. The van der Waals surface area contributed by atoms with Crippen LogP contribution in [0.25, 0.3) is 0 Å². The summed E-state index contributed by atoms with van der Waals surface area (Å²) in [5, 5.41) is 2.83. The van der Waals surface area contributed by atoms with E-state index in [9.17, 15) is 9.59 Å². The SMILES string of the molecule is O=C(CCCl)N[C@@H]1CC(=O)N(c2ccc3c(c2)OCCO3)C1. The molecule has 6 nitrogen and oxygen atoms in total. The molecule has 1 aromatic carbocycles. The number of alkyl halides is 1. The monoisotopic (exact) mass is 324 g/mol. The summed E-state index contributed by atoms with van der Waals surface area (Å²) >= 11 is 5.54. The number of halogens is 1. The van der Waals surface area contributed by atoms with Crippen LogP contribution in [0, 0.1) is 0 Å². The van der Waals surface area contributed by atoms with Crippen LogP contribution < -0.4 is 19.7 Å². The lowest BCUT2D eigenvalue weighted by molar-refractivity contribution is -0.121. The minimum atomic E-state index is -0.184. The number of carbonyl (C=O) groups is 2. The highest BCUT2D eigenvalue weighted by Gasteiger charge is 2.32. The van der Waals surface area contributed by atoms with Crippen LogP contribution in [-0.2, 0) is 9.59 Å². The van der Waals surface area contributed by atoms with E-state index in [4.69, 9.17) is 21.1 Å². The van der Waals surface area contributed by atoms with Gasteiger partial charge in [-0.1, -0.05) is 0 Å². The van der Waals surface area contributed by atoms with Crippen molar-refractivity contribution >= 4 is 29.1 Å². The highest BCUT2D eigenvalue weighted by Crippen LogP contribution is 2.35. The van der Waals surface area contributed by atoms with Crippen LogP contribution in [0.5, 0.6) is 11.5 Å². The number of carbonyl (C=O) groups excluding carboxylic acids is 2. The topological polar surface area (TPSA) is 67.9 Å². The van der Waals surface area contributed by atoms with Crippen LogP contribution in [0.4, 0.5) is 5.69 Å². The fraction of sp³-hybridized carbons (Fsp3) is 0.467. The Balaban J connectivity index is 1.70. The van der Waals surface area contributed by atoms with E-state index >= 15 is 0 Å². The third kappa shape index (κ3) is 3.11. The predicted octanol–water partition coefficient (Wildman–Crippen LogP) is 1.31. The lowest BCUT2D eigenvalue weighted by Crippen LogP contribution is -2.37. The fourth-order valence-corrected chi connectivity index (χ4v) is 2.81. The number of rotatable bonds is 4. The summed E-state index contributed by atoms with van der Waals surface area (Å²) in [6.07, 6.45) is 0.554. The molecule has 2 amide bonds. The molecule has 0 bridgehead atoms. The van der Waals surface area contributed by atoms with Gasteiger partial charge in [0.2, 0.25) is 11.8 Å². The molecule has 7 heteroatoms. The van der Waals surface area contributed by atoms with Gasteiger partial charge < -0.3 is 19.7 Å². The Labute approximate surface area is 133 Å². The van der Waals surface area contributed by atoms with Gasteiger partial charge in [0.15, 0.2) is 11.5 Å². The van der Waals surface area contributed by atoms with Crippen molar-refractivity contribution in [1.29, 1.82) is 0 Å². The summed E-state index contributed by atoms with van der Waals surface area (Å²) in [5.74, 6) is 1.46. The Morgan fingerprint density at radius 2 is 2.09 bits per heavy atom. The number of anilines is 1. The molecule has 1 aromatic rings. The Bertz CT molecular complexity index is 593. The van der Waals surface area contributed by atoms with Crippen molar-refractivity contribution in [3.8, 4) is 11.5 Å². The average Bonchev–Trinajstić information content (AvgIpc) is 2.87. The van der Waals surface area contributed by atoms with E-state index in [1.165, 1.54) is 0 Å². The summed E-state index contributed by atoms with van der Waals surface area (Å²) in [6.45, 7) is 1.48. The summed E-state index contributed by atoms with van der Waals surface area (Å²) in [5.41, 5.74) is 0.753. The zero-order valence-corrected chi connectivity index (χ0v) is 12.8. The third-order valence-corrected chi connectivity index (χ3v) is 3.84. The van der Waals surface area contributed by atoms with Crippen molar-refractivity contribution in [2.24, 2.45) is 0 Å². The molecule has 2 aliphatic rings. The van der Waals surface area contributed by atoms with E-state index in [1.807, 2.05) is 6.07 Å². The quantitative estimate of drug-likeness (QED) is 0.848. The van der Waals surface area contributed by atoms with Gasteiger partial charge >= 0.3 is 0 Å². The molecule has 3 rings (SSSR count). The number of hydrogen-bond acceptors (Lipinski definition) is 4. The second kappa shape index (κ2) is 6.44. The molecule has 0 saturated carbocycles. The van der Waals surface area contributed by atoms with Crippen molar-refractivity contribution in [2.45, 2.75) is 18.9 Å². The van der Waals surface area contributed by atoms with Gasteiger partial charge in [-0.05, 0) is 12.1 Å². The van der Waals surface area contributed by atoms with Crippen molar-refractivity contribution < 1.29 is 19.1 Å². The molecular weight excluding hydrogens is 308 g/mol. The third-order valence-electron chi connectivity index (χ3n) is 3.65. The molecule has 118 valence electrons. The van der Waals surface area contributed by atoms with E-state index in [0.717, 1.165) is 5.69 Å². The number of hydrogen-bond donors (Lipinski definition) is 1. The molecule has 0 unspecified atom stereocenters. The van der Waals surface area contributed by atoms with Gasteiger partial charge in [-0.2, -0.15) is 0 Å². The average molecular weight is 325 g/mol. The molecule has 0 aromatic heterocycles. The predicted molar refractivity (Wildman–Crippen MR) is 81.7 cm³/mol. The number of nitrogens with zero attached hydrogens (tertiary/aromatic N) is 1. The lowest BCUT2D eigenvalue weighted by Gasteiger charge is -2.22. The number of nitrogens with one attached hydrogen (secondary N) is 1. The molecule has 2 aliphatic heterocycles. The second-order valence-corrected chi connectivity index (χ2v) is 5.62. The van der Waals surface area contributed by atoms with Crippen LogP contribution in [0.2, 0.25) is 0 Å². The highest BCUT2D eigenvalue weighted by atomic mass is 35.5. The molecule has 22 heavy (non-hydrogen) atoms. The first-order valence-electron chi connectivity index (χ1n) is 7.22. The summed E-state index contributed by atoms with van der Waals surface area (Å²) in [7, 11) is 0. The van der Waals surface area contributed by atoms with Gasteiger partial charge in [0.1, 0.15) is 13.2 Å². The zero-order chi connectivity index (χ0) is 15.5. The Morgan fingerprint density at radius 1 is 1.32 bits per heavy atom. The van der Waals surface area contributed by atoms with Crippen molar-refractivity contribution in [3.63, 3.8) is 0 Å². The Hall–Kier alpha value is -1.95. The van der Waals surface area contributed by atoms with Crippen molar-refractivity contribution in [1.82, 2.24) is 5.32 Å². The van der Waals surface area contributed by atoms with Gasteiger partial charge in [0.25, 0.3) is 0 Å². The Kier molecular flexibility index (Phi) is 4.38. The molecule has 1 fully saturated rings. The van der Waals surface area contributed by atoms with Gasteiger partial charge in [-0.15, -0.1) is 11.6 Å². The van der Waals surface area contributed by atoms with Crippen molar-refractivity contribution in [2.75, 3.05) is 30.5 Å². The van der Waals surface area contributed by atoms with Crippen LogP contribution in [-0.4, -0.2) is 43.5 Å². The smallest absolute Gasteiger partial charge is 0.229 e. The fourth-order valence-electron chi connectivity index (χ4n) is 2.64. The molecule has 1 atom stereocenters. The van der Waals surface area contributed by atoms with Gasteiger partial charge in [-0.25, -0.2) is 0 Å². The van der Waals surface area contributed by atoms with Gasteiger partial charge in [0.05, 0.1) is 6.04 Å². The van der Waals surface area contributed by atoms with E-state index < -0.39 is 0 Å². The summed E-state index contributed by atoms with van der Waals surface area (Å²) in [4.78, 5) is 25.4. The minimum Gasteiger partial charge on any atom is -0.486 e. The molecule has 0 spiro atoms. The maximum Gasteiger partial charge on any atom is 0.229 e. The van der Waals surface area contributed by atoms with Gasteiger partial charge in [-0.3, -0.25) is 9.59 Å². The molecule has 1 saturated heterocycles. The van der Waals surface area contributed by atoms with Crippen LogP contribution in [0.3, 0.4) is 0 Å². The molecule has 1 N–H and O–H groups in total. The first-order chi connectivity index (χ1) is 10.7. The molecule has 2 heterocycles. The number of benzene rings is 1. The van der Waals surface area contributed by atoms with E-state index in [2.05, 4.69) is 5.32 Å². The minimum absolute atomic E-state index is 0.0205. The largest absolute Gasteiger partial charge is 0.486 e. The van der Waals surface area contributed by atoms with E-state index in [1.54, 1.807) is 17.0 Å². The van der Waals surface area contributed by atoms with Crippen LogP contribution in [0.1, 0.15) is 12.8 Å². The summed E-state index contributed by atoms with van der Waals surface area (Å²) < 4.78 is 11.0. The van der Waals surface area contributed by atoms with E-state index in [-0.39, 0.29) is 30.2 Å². The van der Waals surface area contributed by atoms with Crippen LogP contribution in [0.15, 0.2) is 18.2 Å². The maximum atomic E-state index is 12.2. The van der Waals surface area contributed by atoms with E-state index in [0.29, 0.717) is 37.7 Å². The molecule has 0 radical (unpaired) electrons. The maximum absolute atomic E-state index is 12.2. The second-order valence-electron chi connectivity index (χ2n) is 5.24.